The fraction of sp³-hybridized carbons (Fsp3) is 0.417. The van der Waals surface area contributed by atoms with E-state index in [0.717, 1.165) is 0 Å². The Morgan fingerprint density at radius 3 is 2.55 bits per heavy atom. The summed E-state index contributed by atoms with van der Waals surface area (Å²) in [5, 5.41) is 0. The normalized spacial score (nSPS) is 17.3. The molecule has 164 valence electrons. The molecule has 2 aliphatic heterocycles. The number of rotatable bonds is 4. The Morgan fingerprint density at radius 2 is 1.87 bits per heavy atom. The number of benzene rings is 2. The van der Waals surface area contributed by atoms with E-state index in [1.165, 1.54) is 18.2 Å². The Balaban J connectivity index is 1.46. The maximum atomic E-state index is 13.5. The van der Waals surface area contributed by atoms with Gasteiger partial charge in [-0.25, -0.2) is 4.39 Å². The number of carbonyl (C=O) groups excluding carboxylic acids is 2. The highest BCUT2D eigenvalue weighted by atomic mass is 19.1. The lowest BCUT2D eigenvalue weighted by atomic mass is 9.82. The summed E-state index contributed by atoms with van der Waals surface area (Å²) in [6, 6.07) is 9.20. The number of hydrogen-bond donors (Lipinski definition) is 0. The summed E-state index contributed by atoms with van der Waals surface area (Å²) in [6.45, 7) is 4.79. The zero-order valence-corrected chi connectivity index (χ0v) is 17.9. The number of ketones is 1. The van der Waals surface area contributed by atoms with Crippen LogP contribution in [0.4, 0.5) is 4.39 Å². The second-order valence-electron chi connectivity index (χ2n) is 8.35. The molecule has 2 heterocycles. The summed E-state index contributed by atoms with van der Waals surface area (Å²) in [5.41, 5.74) is 0.163. The lowest BCUT2D eigenvalue weighted by Gasteiger charge is -2.44. The second-order valence-corrected chi connectivity index (χ2v) is 8.35. The van der Waals surface area contributed by atoms with E-state index in [4.69, 9.17) is 14.2 Å². The first kappa shape index (κ1) is 21.2. The number of piperidine rings is 1. The third kappa shape index (κ3) is 4.22. The van der Waals surface area contributed by atoms with Crippen LogP contribution in [0.2, 0.25) is 0 Å². The highest BCUT2D eigenvalue weighted by Crippen LogP contribution is 2.40. The topological polar surface area (TPSA) is 65.1 Å². The van der Waals surface area contributed by atoms with Gasteiger partial charge >= 0.3 is 0 Å². The van der Waals surface area contributed by atoms with Gasteiger partial charge in [0.05, 0.1) is 25.2 Å². The van der Waals surface area contributed by atoms with Crippen LogP contribution in [-0.2, 0) is 0 Å². The average molecular weight is 427 g/mol. The molecular formula is C24H26FNO5. The van der Waals surface area contributed by atoms with Crippen molar-refractivity contribution in [1.82, 2.24) is 4.90 Å². The van der Waals surface area contributed by atoms with Crippen molar-refractivity contribution >= 4 is 11.7 Å². The molecule has 31 heavy (non-hydrogen) atoms. The van der Waals surface area contributed by atoms with E-state index in [9.17, 15) is 14.0 Å². The van der Waals surface area contributed by atoms with E-state index in [0.29, 0.717) is 54.3 Å². The van der Waals surface area contributed by atoms with E-state index in [1.807, 2.05) is 13.8 Å². The second kappa shape index (κ2) is 8.21. The first-order valence-corrected chi connectivity index (χ1v) is 10.5. The molecule has 4 rings (SSSR count). The Morgan fingerprint density at radius 1 is 1.13 bits per heavy atom. The lowest BCUT2D eigenvalue weighted by molar-refractivity contribution is -0.00581. The summed E-state index contributed by atoms with van der Waals surface area (Å²) < 4.78 is 30.7. The van der Waals surface area contributed by atoms with Gasteiger partial charge in [0.15, 0.2) is 17.3 Å². The molecule has 1 amide bonds. The number of ether oxygens (including phenoxy) is 3. The first-order chi connectivity index (χ1) is 14.8. The van der Waals surface area contributed by atoms with Crippen molar-refractivity contribution in [3.63, 3.8) is 0 Å². The third-order valence-corrected chi connectivity index (χ3v) is 5.79. The SMILES string of the molecule is COc1cc(C(=O)N2CCC3(CC2)CC(=O)c2cc(F)ccc2O3)ccc1OC(C)C. The number of hydrogen-bond acceptors (Lipinski definition) is 5. The maximum Gasteiger partial charge on any atom is 0.253 e. The highest BCUT2D eigenvalue weighted by Gasteiger charge is 2.43. The number of halogens is 1. The minimum atomic E-state index is -0.647. The molecule has 0 unspecified atom stereocenters. The Bertz CT molecular complexity index is 1010. The molecule has 1 spiro atoms. The number of likely N-dealkylation sites (tertiary alicyclic amines) is 1. The van der Waals surface area contributed by atoms with E-state index >= 15 is 0 Å². The van der Waals surface area contributed by atoms with Crippen molar-refractivity contribution in [3.8, 4) is 17.2 Å². The van der Waals surface area contributed by atoms with E-state index in [2.05, 4.69) is 0 Å². The van der Waals surface area contributed by atoms with Gasteiger partial charge in [-0.3, -0.25) is 9.59 Å². The molecule has 1 fully saturated rings. The quantitative estimate of drug-likeness (QED) is 0.730. The fourth-order valence-corrected chi connectivity index (χ4v) is 4.20. The Labute approximate surface area is 180 Å². The van der Waals surface area contributed by atoms with Crippen molar-refractivity contribution in [2.75, 3.05) is 20.2 Å². The van der Waals surface area contributed by atoms with Crippen molar-refractivity contribution in [1.29, 1.82) is 0 Å². The summed E-state index contributed by atoms with van der Waals surface area (Å²) >= 11 is 0. The van der Waals surface area contributed by atoms with Gasteiger partial charge in [0.2, 0.25) is 0 Å². The number of carbonyl (C=O) groups is 2. The van der Waals surface area contributed by atoms with Crippen molar-refractivity contribution in [2.24, 2.45) is 0 Å². The van der Waals surface area contributed by atoms with Crippen LogP contribution < -0.4 is 14.2 Å². The average Bonchev–Trinajstić information content (AvgIpc) is 2.74. The van der Waals surface area contributed by atoms with Crippen LogP contribution in [-0.4, -0.2) is 48.5 Å². The van der Waals surface area contributed by atoms with Gasteiger partial charge in [-0.1, -0.05) is 0 Å². The predicted molar refractivity (Wildman–Crippen MR) is 113 cm³/mol. The van der Waals surface area contributed by atoms with E-state index < -0.39 is 11.4 Å². The summed E-state index contributed by atoms with van der Waals surface area (Å²) in [6.07, 6.45) is 1.26. The molecular weight excluding hydrogens is 401 g/mol. The van der Waals surface area contributed by atoms with Gasteiger partial charge in [0.25, 0.3) is 5.91 Å². The minimum absolute atomic E-state index is 0.00596. The van der Waals surface area contributed by atoms with Crippen LogP contribution in [0.15, 0.2) is 36.4 Å². The van der Waals surface area contributed by atoms with Gasteiger partial charge in [-0.15, -0.1) is 0 Å². The number of methoxy groups -OCH3 is 1. The van der Waals surface area contributed by atoms with Gasteiger partial charge < -0.3 is 19.1 Å². The predicted octanol–water partition coefficient (Wildman–Crippen LogP) is 4.26. The number of fused-ring (bicyclic) bond motifs is 1. The monoisotopic (exact) mass is 427 g/mol. The van der Waals surface area contributed by atoms with Crippen molar-refractivity contribution in [3.05, 3.63) is 53.3 Å². The van der Waals surface area contributed by atoms with E-state index in [1.54, 1.807) is 30.2 Å². The van der Waals surface area contributed by atoms with Crippen LogP contribution >= 0.6 is 0 Å². The largest absolute Gasteiger partial charge is 0.493 e. The minimum Gasteiger partial charge on any atom is -0.493 e. The van der Waals surface area contributed by atoms with Crippen LogP contribution in [0.3, 0.4) is 0 Å². The molecule has 0 radical (unpaired) electrons. The molecule has 2 aliphatic rings. The van der Waals surface area contributed by atoms with Gasteiger partial charge in [-0.2, -0.15) is 0 Å². The number of Topliss-reactive ketones (excluding diaryl/α,β-unsaturated/α-hetero) is 1. The summed E-state index contributed by atoms with van der Waals surface area (Å²) in [5.74, 6) is 0.851. The van der Waals surface area contributed by atoms with Crippen LogP contribution in [0.1, 0.15) is 53.8 Å². The summed E-state index contributed by atoms with van der Waals surface area (Å²) in [4.78, 5) is 27.4. The van der Waals surface area contributed by atoms with Gasteiger partial charge in [-0.05, 0) is 50.2 Å². The number of amides is 1. The molecule has 0 atom stereocenters. The zero-order valence-electron chi connectivity index (χ0n) is 17.9. The Kier molecular flexibility index (Phi) is 5.60. The maximum absolute atomic E-state index is 13.5. The van der Waals surface area contributed by atoms with Crippen molar-refractivity contribution < 1.29 is 28.2 Å². The molecule has 1 saturated heterocycles. The number of nitrogens with zero attached hydrogens (tertiary/aromatic N) is 1. The molecule has 2 aromatic carbocycles. The molecule has 0 bridgehead atoms. The highest BCUT2D eigenvalue weighted by molar-refractivity contribution is 6.00. The van der Waals surface area contributed by atoms with Gasteiger partial charge in [0, 0.05) is 31.5 Å². The molecule has 0 saturated carbocycles. The van der Waals surface area contributed by atoms with E-state index in [-0.39, 0.29) is 24.2 Å². The molecule has 0 N–H and O–H groups in total. The molecule has 7 heteroatoms. The molecule has 6 nitrogen and oxygen atoms in total. The molecule has 0 aromatic heterocycles. The van der Waals surface area contributed by atoms with Crippen molar-refractivity contribution in [2.45, 2.75) is 44.8 Å². The first-order valence-electron chi connectivity index (χ1n) is 10.5. The fourth-order valence-electron chi connectivity index (χ4n) is 4.20. The Hall–Kier alpha value is -3.09. The zero-order chi connectivity index (χ0) is 22.2. The van der Waals surface area contributed by atoms with Crippen LogP contribution in [0, 0.1) is 5.82 Å². The van der Waals surface area contributed by atoms with Crippen LogP contribution in [0.5, 0.6) is 17.2 Å². The van der Waals surface area contributed by atoms with Crippen LogP contribution in [0.25, 0.3) is 0 Å². The summed E-state index contributed by atoms with van der Waals surface area (Å²) in [7, 11) is 1.54. The third-order valence-electron chi connectivity index (χ3n) is 5.79. The lowest BCUT2D eigenvalue weighted by Crippen LogP contribution is -2.52. The smallest absolute Gasteiger partial charge is 0.253 e. The van der Waals surface area contributed by atoms with Gasteiger partial charge in [0.1, 0.15) is 17.2 Å². The molecule has 0 aliphatic carbocycles. The molecule has 2 aromatic rings. The standard InChI is InChI=1S/C24H26FNO5/c1-15(2)30-21-6-4-16(12-22(21)29-3)23(28)26-10-8-24(9-11-26)14-19(27)18-13-17(25)5-7-20(18)31-24/h4-7,12-13,15H,8-11,14H2,1-3H3.